The maximum atomic E-state index is 11.8. The smallest absolute Gasteiger partial charge is 0.306 e. The average Bonchev–Trinajstić information content (AvgIpc) is 3.09. The number of ether oxygens (including phenoxy) is 1. The van der Waals surface area contributed by atoms with Gasteiger partial charge < -0.3 is 9.15 Å². The summed E-state index contributed by atoms with van der Waals surface area (Å²) < 4.78 is 10.6. The van der Waals surface area contributed by atoms with Crippen molar-refractivity contribution < 1.29 is 13.9 Å². The van der Waals surface area contributed by atoms with E-state index in [4.69, 9.17) is 9.15 Å². The molecule has 23 heavy (non-hydrogen) atoms. The third-order valence-corrected chi connectivity index (χ3v) is 3.30. The van der Waals surface area contributed by atoms with Crippen LogP contribution in [-0.4, -0.2) is 16.2 Å². The second-order valence-electron chi connectivity index (χ2n) is 5.01. The molecule has 1 heterocycles. The molecule has 0 N–H and O–H groups in total. The molecule has 0 saturated carbocycles. The monoisotopic (exact) mass is 308 g/mol. The number of hydrogen-bond donors (Lipinski definition) is 0. The molecule has 0 radical (unpaired) electrons. The molecule has 0 aliphatic heterocycles. The van der Waals surface area contributed by atoms with Crippen LogP contribution in [0.15, 0.2) is 65.1 Å². The van der Waals surface area contributed by atoms with Gasteiger partial charge in [0.1, 0.15) is 0 Å². The molecule has 0 fully saturated rings. The summed E-state index contributed by atoms with van der Waals surface area (Å²) in [4.78, 5) is 11.8. The van der Waals surface area contributed by atoms with E-state index in [-0.39, 0.29) is 18.5 Å². The van der Waals surface area contributed by atoms with Crippen molar-refractivity contribution in [2.75, 3.05) is 0 Å². The summed E-state index contributed by atoms with van der Waals surface area (Å²) in [5, 5.41) is 7.84. The van der Waals surface area contributed by atoms with E-state index < -0.39 is 0 Å². The molecule has 3 rings (SSSR count). The van der Waals surface area contributed by atoms with Gasteiger partial charge in [0.2, 0.25) is 5.89 Å². The SMILES string of the molecule is O=C(CCc1ccccc1)OCc1nnc(-c2ccccc2)o1. The number of aromatic nitrogens is 2. The van der Waals surface area contributed by atoms with Crippen LogP contribution < -0.4 is 0 Å². The van der Waals surface area contributed by atoms with E-state index in [9.17, 15) is 4.79 Å². The highest BCUT2D eigenvalue weighted by Crippen LogP contribution is 2.17. The first-order valence-electron chi connectivity index (χ1n) is 7.38. The molecule has 0 saturated heterocycles. The van der Waals surface area contributed by atoms with Gasteiger partial charge in [-0.1, -0.05) is 48.5 Å². The van der Waals surface area contributed by atoms with Gasteiger partial charge in [-0.15, -0.1) is 10.2 Å². The summed E-state index contributed by atoms with van der Waals surface area (Å²) in [6.45, 7) is -0.00649. The van der Waals surface area contributed by atoms with Gasteiger partial charge in [-0.25, -0.2) is 0 Å². The number of hydrogen-bond acceptors (Lipinski definition) is 5. The van der Waals surface area contributed by atoms with Crippen LogP contribution in [0.2, 0.25) is 0 Å². The van der Waals surface area contributed by atoms with E-state index >= 15 is 0 Å². The lowest BCUT2D eigenvalue weighted by Gasteiger charge is -2.02. The van der Waals surface area contributed by atoms with Crippen molar-refractivity contribution in [3.05, 3.63) is 72.1 Å². The quantitative estimate of drug-likeness (QED) is 0.653. The van der Waals surface area contributed by atoms with Gasteiger partial charge in [-0.3, -0.25) is 4.79 Å². The molecule has 0 bridgehead atoms. The van der Waals surface area contributed by atoms with E-state index in [1.54, 1.807) is 0 Å². The Labute approximate surface area is 133 Å². The lowest BCUT2D eigenvalue weighted by atomic mass is 10.1. The molecule has 0 aliphatic rings. The predicted octanol–water partition coefficient (Wildman–Crippen LogP) is 3.41. The summed E-state index contributed by atoms with van der Waals surface area (Å²) in [7, 11) is 0. The van der Waals surface area contributed by atoms with Crippen LogP contribution in [0.5, 0.6) is 0 Å². The minimum Gasteiger partial charge on any atom is -0.456 e. The van der Waals surface area contributed by atoms with Crippen molar-refractivity contribution in [3.8, 4) is 11.5 Å². The third-order valence-electron chi connectivity index (χ3n) is 3.30. The van der Waals surface area contributed by atoms with Crippen molar-refractivity contribution in [3.63, 3.8) is 0 Å². The molecule has 0 amide bonds. The van der Waals surface area contributed by atoms with Crippen LogP contribution in [0.25, 0.3) is 11.5 Å². The van der Waals surface area contributed by atoms with Crippen molar-refractivity contribution in [2.24, 2.45) is 0 Å². The summed E-state index contributed by atoms with van der Waals surface area (Å²) in [6.07, 6.45) is 0.975. The summed E-state index contributed by atoms with van der Waals surface area (Å²) in [6, 6.07) is 19.3. The lowest BCUT2D eigenvalue weighted by molar-refractivity contribution is -0.145. The Balaban J connectivity index is 1.49. The van der Waals surface area contributed by atoms with Crippen LogP contribution in [0.3, 0.4) is 0 Å². The topological polar surface area (TPSA) is 65.2 Å². The Morgan fingerprint density at radius 3 is 2.39 bits per heavy atom. The summed E-state index contributed by atoms with van der Waals surface area (Å²) in [5.41, 5.74) is 1.94. The Kier molecular flexibility index (Phi) is 4.79. The third kappa shape index (κ3) is 4.26. The first kappa shape index (κ1) is 15.0. The maximum absolute atomic E-state index is 11.8. The van der Waals surface area contributed by atoms with Gasteiger partial charge in [0.25, 0.3) is 5.89 Å². The summed E-state index contributed by atoms with van der Waals surface area (Å²) in [5.74, 6) is 0.422. The number of carbonyl (C=O) groups excluding carboxylic acids is 1. The molecule has 2 aromatic carbocycles. The van der Waals surface area contributed by atoms with E-state index in [1.807, 2.05) is 60.7 Å². The zero-order valence-corrected chi connectivity index (χ0v) is 12.5. The number of benzene rings is 2. The minimum atomic E-state index is -0.284. The zero-order valence-electron chi connectivity index (χ0n) is 12.5. The van der Waals surface area contributed by atoms with E-state index in [0.29, 0.717) is 18.7 Å². The van der Waals surface area contributed by atoms with Gasteiger partial charge in [0.05, 0.1) is 0 Å². The molecule has 116 valence electrons. The molecular weight excluding hydrogens is 292 g/mol. The number of carbonyl (C=O) groups is 1. The predicted molar refractivity (Wildman–Crippen MR) is 84.3 cm³/mol. The summed E-state index contributed by atoms with van der Waals surface area (Å²) >= 11 is 0. The molecule has 1 aromatic heterocycles. The first-order valence-corrected chi connectivity index (χ1v) is 7.38. The van der Waals surface area contributed by atoms with Crippen LogP contribution in [0.4, 0.5) is 0 Å². The Hall–Kier alpha value is -2.95. The molecule has 5 nitrogen and oxygen atoms in total. The standard InChI is InChI=1S/C18H16N2O3/c21-17(12-11-14-7-3-1-4-8-14)22-13-16-19-20-18(23-16)15-9-5-2-6-10-15/h1-10H,11-13H2. The molecule has 0 atom stereocenters. The van der Waals surface area contributed by atoms with Crippen molar-refractivity contribution in [2.45, 2.75) is 19.4 Å². The highest BCUT2D eigenvalue weighted by molar-refractivity contribution is 5.69. The Morgan fingerprint density at radius 1 is 0.957 bits per heavy atom. The van der Waals surface area contributed by atoms with Gasteiger partial charge in [-0.05, 0) is 24.1 Å². The number of rotatable bonds is 6. The zero-order chi connectivity index (χ0) is 15.9. The van der Waals surface area contributed by atoms with Crippen molar-refractivity contribution >= 4 is 5.97 Å². The van der Waals surface area contributed by atoms with E-state index in [0.717, 1.165) is 11.1 Å². The van der Waals surface area contributed by atoms with Crippen molar-refractivity contribution in [1.82, 2.24) is 10.2 Å². The Bertz CT molecular complexity index is 754. The van der Waals surface area contributed by atoms with Crippen LogP contribution in [0.1, 0.15) is 17.9 Å². The molecule has 0 unspecified atom stereocenters. The molecule has 5 heteroatoms. The van der Waals surface area contributed by atoms with E-state index in [1.165, 1.54) is 0 Å². The number of esters is 1. The van der Waals surface area contributed by atoms with Crippen LogP contribution in [-0.2, 0) is 22.6 Å². The fourth-order valence-corrected chi connectivity index (χ4v) is 2.11. The van der Waals surface area contributed by atoms with Crippen LogP contribution >= 0.6 is 0 Å². The van der Waals surface area contributed by atoms with Gasteiger partial charge in [0.15, 0.2) is 6.61 Å². The first-order chi connectivity index (χ1) is 11.3. The second kappa shape index (κ2) is 7.35. The largest absolute Gasteiger partial charge is 0.456 e. The number of aryl methyl sites for hydroxylation is 1. The fourth-order valence-electron chi connectivity index (χ4n) is 2.11. The van der Waals surface area contributed by atoms with Crippen LogP contribution in [0, 0.1) is 0 Å². The van der Waals surface area contributed by atoms with Gasteiger partial charge >= 0.3 is 5.97 Å². The molecular formula is C18H16N2O3. The average molecular weight is 308 g/mol. The highest BCUT2D eigenvalue weighted by Gasteiger charge is 2.10. The Morgan fingerprint density at radius 2 is 1.65 bits per heavy atom. The van der Waals surface area contributed by atoms with Crippen molar-refractivity contribution in [1.29, 1.82) is 0 Å². The second-order valence-corrected chi connectivity index (χ2v) is 5.01. The lowest BCUT2D eigenvalue weighted by Crippen LogP contribution is -2.06. The fraction of sp³-hybridized carbons (Fsp3) is 0.167. The number of nitrogens with zero attached hydrogens (tertiary/aromatic N) is 2. The minimum absolute atomic E-state index is 0.00649. The van der Waals surface area contributed by atoms with Gasteiger partial charge in [-0.2, -0.15) is 0 Å². The van der Waals surface area contributed by atoms with E-state index in [2.05, 4.69) is 10.2 Å². The molecule has 0 spiro atoms. The van der Waals surface area contributed by atoms with Gasteiger partial charge in [0, 0.05) is 12.0 Å². The molecule has 0 aliphatic carbocycles. The highest BCUT2D eigenvalue weighted by atomic mass is 16.5. The molecule has 3 aromatic rings. The normalized spacial score (nSPS) is 10.4. The maximum Gasteiger partial charge on any atom is 0.306 e.